The normalized spacial score (nSPS) is 17.9. The number of carbonyl (C=O) groups is 1. The van der Waals surface area contributed by atoms with E-state index in [1.165, 1.54) is 5.57 Å². The molecule has 1 atom stereocenters. The zero-order valence-corrected chi connectivity index (χ0v) is 12.4. The summed E-state index contributed by atoms with van der Waals surface area (Å²) in [7, 11) is 0. The smallest absolute Gasteiger partial charge is 0.306 e. The lowest BCUT2D eigenvalue weighted by molar-refractivity contribution is -0.143. The standard InChI is InChI=1S/C17H22O3/c1-4-19-17(18)10-9-15-11-16(20-13(15)3)14-7-5-12(2)6-8-14/h5-7,11,14H,4,8-10H2,1-3H3. The molecule has 0 saturated heterocycles. The second kappa shape index (κ2) is 6.60. The summed E-state index contributed by atoms with van der Waals surface area (Å²) in [5.74, 6) is 2.06. The van der Waals surface area contributed by atoms with Crippen LogP contribution < -0.4 is 0 Å². The van der Waals surface area contributed by atoms with E-state index < -0.39 is 0 Å². The van der Waals surface area contributed by atoms with Gasteiger partial charge in [0.2, 0.25) is 0 Å². The lowest BCUT2D eigenvalue weighted by Gasteiger charge is -2.11. The third-order valence-electron chi connectivity index (χ3n) is 3.59. The Morgan fingerprint density at radius 3 is 2.90 bits per heavy atom. The first-order valence-electron chi connectivity index (χ1n) is 7.20. The van der Waals surface area contributed by atoms with Crippen LogP contribution in [0.15, 0.2) is 34.3 Å². The Labute approximate surface area is 120 Å². The van der Waals surface area contributed by atoms with Gasteiger partial charge < -0.3 is 9.15 Å². The van der Waals surface area contributed by atoms with Gasteiger partial charge >= 0.3 is 5.97 Å². The molecule has 0 fully saturated rings. The second-order valence-corrected chi connectivity index (χ2v) is 5.18. The quantitative estimate of drug-likeness (QED) is 0.760. The molecule has 0 amide bonds. The molecular weight excluding hydrogens is 252 g/mol. The number of furan rings is 1. The predicted molar refractivity (Wildman–Crippen MR) is 78.7 cm³/mol. The van der Waals surface area contributed by atoms with Crippen LogP contribution in [0, 0.1) is 6.92 Å². The first-order chi connectivity index (χ1) is 9.60. The van der Waals surface area contributed by atoms with Gasteiger partial charge in [-0.2, -0.15) is 0 Å². The molecule has 0 saturated carbocycles. The molecule has 20 heavy (non-hydrogen) atoms. The number of allylic oxidation sites excluding steroid dienone is 4. The van der Waals surface area contributed by atoms with Crippen molar-refractivity contribution in [3.05, 3.63) is 47.0 Å². The van der Waals surface area contributed by atoms with E-state index in [9.17, 15) is 4.79 Å². The van der Waals surface area contributed by atoms with Gasteiger partial charge in [-0.15, -0.1) is 0 Å². The molecule has 0 spiro atoms. The van der Waals surface area contributed by atoms with Crippen molar-refractivity contribution in [3.63, 3.8) is 0 Å². The maximum atomic E-state index is 11.4. The van der Waals surface area contributed by atoms with E-state index in [0.29, 0.717) is 25.4 Å². The molecule has 0 radical (unpaired) electrons. The van der Waals surface area contributed by atoms with Crippen molar-refractivity contribution in [2.24, 2.45) is 0 Å². The Bertz CT molecular complexity index is 534. The van der Waals surface area contributed by atoms with Crippen LogP contribution in [0.5, 0.6) is 0 Å². The highest BCUT2D eigenvalue weighted by atomic mass is 16.5. The average molecular weight is 274 g/mol. The number of hydrogen-bond donors (Lipinski definition) is 0. The number of hydrogen-bond acceptors (Lipinski definition) is 3. The Morgan fingerprint density at radius 2 is 2.25 bits per heavy atom. The summed E-state index contributed by atoms with van der Waals surface area (Å²) < 4.78 is 10.8. The highest BCUT2D eigenvalue weighted by Crippen LogP contribution is 2.30. The molecule has 108 valence electrons. The number of carbonyl (C=O) groups excluding carboxylic acids is 1. The maximum absolute atomic E-state index is 11.4. The summed E-state index contributed by atoms with van der Waals surface area (Å²) >= 11 is 0. The van der Waals surface area contributed by atoms with Crippen molar-refractivity contribution in [1.82, 2.24) is 0 Å². The van der Waals surface area contributed by atoms with Gasteiger partial charge in [0.1, 0.15) is 11.5 Å². The zero-order chi connectivity index (χ0) is 14.5. The van der Waals surface area contributed by atoms with E-state index in [1.54, 1.807) is 0 Å². The lowest BCUT2D eigenvalue weighted by Crippen LogP contribution is -2.05. The zero-order valence-electron chi connectivity index (χ0n) is 12.4. The van der Waals surface area contributed by atoms with Gasteiger partial charge in [0, 0.05) is 12.3 Å². The third-order valence-corrected chi connectivity index (χ3v) is 3.59. The van der Waals surface area contributed by atoms with Gasteiger partial charge in [-0.1, -0.05) is 23.8 Å². The van der Waals surface area contributed by atoms with Gasteiger partial charge in [-0.05, 0) is 45.2 Å². The van der Waals surface area contributed by atoms with Gasteiger partial charge in [-0.3, -0.25) is 4.79 Å². The fraction of sp³-hybridized carbons (Fsp3) is 0.471. The molecule has 0 aromatic carbocycles. The summed E-state index contributed by atoms with van der Waals surface area (Å²) in [5.41, 5.74) is 2.40. The second-order valence-electron chi connectivity index (χ2n) is 5.18. The molecule has 1 heterocycles. The Hall–Kier alpha value is -1.77. The van der Waals surface area contributed by atoms with Crippen LogP contribution in [0.3, 0.4) is 0 Å². The van der Waals surface area contributed by atoms with Crippen LogP contribution >= 0.6 is 0 Å². The summed E-state index contributed by atoms with van der Waals surface area (Å²) in [6.45, 7) is 6.32. The summed E-state index contributed by atoms with van der Waals surface area (Å²) in [6.07, 6.45) is 8.60. The molecule has 2 rings (SSSR count). The van der Waals surface area contributed by atoms with E-state index in [1.807, 2.05) is 13.8 Å². The van der Waals surface area contributed by atoms with Gasteiger partial charge in [0.25, 0.3) is 0 Å². The first-order valence-corrected chi connectivity index (χ1v) is 7.20. The average Bonchev–Trinajstić information content (AvgIpc) is 2.79. The largest absolute Gasteiger partial charge is 0.466 e. The monoisotopic (exact) mass is 274 g/mol. The Kier molecular flexibility index (Phi) is 4.83. The minimum Gasteiger partial charge on any atom is -0.466 e. The molecule has 3 heteroatoms. The molecule has 1 aromatic heterocycles. The number of esters is 1. The fourth-order valence-corrected chi connectivity index (χ4v) is 2.38. The predicted octanol–water partition coefficient (Wildman–Crippen LogP) is 4.07. The molecule has 1 aliphatic rings. The van der Waals surface area contributed by atoms with E-state index in [2.05, 4.69) is 31.2 Å². The molecule has 1 aliphatic carbocycles. The van der Waals surface area contributed by atoms with Crippen LogP contribution in [-0.4, -0.2) is 12.6 Å². The van der Waals surface area contributed by atoms with E-state index in [4.69, 9.17) is 9.15 Å². The molecule has 0 N–H and O–H groups in total. The third kappa shape index (κ3) is 3.62. The molecule has 1 unspecified atom stereocenters. The topological polar surface area (TPSA) is 39.4 Å². The van der Waals surface area contributed by atoms with Gasteiger partial charge in [0.05, 0.1) is 6.61 Å². The Balaban J connectivity index is 1.99. The molecule has 0 bridgehead atoms. The van der Waals surface area contributed by atoms with Crippen LogP contribution in [-0.2, 0) is 16.0 Å². The highest BCUT2D eigenvalue weighted by Gasteiger charge is 2.17. The van der Waals surface area contributed by atoms with E-state index >= 15 is 0 Å². The Morgan fingerprint density at radius 1 is 1.45 bits per heavy atom. The number of ether oxygens (including phenoxy) is 1. The summed E-state index contributed by atoms with van der Waals surface area (Å²) in [4.78, 5) is 11.4. The minimum atomic E-state index is -0.147. The number of rotatable bonds is 5. The maximum Gasteiger partial charge on any atom is 0.306 e. The minimum absolute atomic E-state index is 0.147. The highest BCUT2D eigenvalue weighted by molar-refractivity contribution is 5.69. The van der Waals surface area contributed by atoms with Crippen LogP contribution in [0.1, 0.15) is 49.7 Å². The fourth-order valence-electron chi connectivity index (χ4n) is 2.38. The molecule has 0 aliphatic heterocycles. The van der Waals surface area contributed by atoms with Crippen LogP contribution in [0.4, 0.5) is 0 Å². The van der Waals surface area contributed by atoms with Gasteiger partial charge in [0.15, 0.2) is 0 Å². The van der Waals surface area contributed by atoms with E-state index in [-0.39, 0.29) is 5.97 Å². The lowest BCUT2D eigenvalue weighted by atomic mass is 9.94. The van der Waals surface area contributed by atoms with Crippen LogP contribution in [0.25, 0.3) is 0 Å². The molecule has 3 nitrogen and oxygen atoms in total. The molecule has 1 aromatic rings. The SMILES string of the molecule is CCOC(=O)CCc1cc(C2C=CC(C)=CC2)oc1C. The molecular formula is C17H22O3. The van der Waals surface area contributed by atoms with Crippen molar-refractivity contribution in [3.8, 4) is 0 Å². The number of aryl methyl sites for hydroxylation is 2. The van der Waals surface area contributed by atoms with Crippen molar-refractivity contribution < 1.29 is 13.9 Å². The van der Waals surface area contributed by atoms with Crippen molar-refractivity contribution >= 4 is 5.97 Å². The van der Waals surface area contributed by atoms with E-state index in [0.717, 1.165) is 23.5 Å². The van der Waals surface area contributed by atoms with Crippen LogP contribution in [0.2, 0.25) is 0 Å². The summed E-state index contributed by atoms with van der Waals surface area (Å²) in [5, 5.41) is 0. The summed E-state index contributed by atoms with van der Waals surface area (Å²) in [6, 6.07) is 2.08. The van der Waals surface area contributed by atoms with Crippen molar-refractivity contribution in [2.75, 3.05) is 6.61 Å². The van der Waals surface area contributed by atoms with Crippen molar-refractivity contribution in [1.29, 1.82) is 0 Å². The van der Waals surface area contributed by atoms with Gasteiger partial charge in [-0.25, -0.2) is 0 Å². The van der Waals surface area contributed by atoms with Crippen molar-refractivity contribution in [2.45, 2.75) is 46.0 Å². The first kappa shape index (κ1) is 14.6.